The lowest BCUT2D eigenvalue weighted by Gasteiger charge is -2.56. The van der Waals surface area contributed by atoms with Gasteiger partial charge in [0.15, 0.2) is 0 Å². The molecule has 3 aliphatic carbocycles. The minimum absolute atomic E-state index is 0.00744. The van der Waals surface area contributed by atoms with Crippen LogP contribution in [0.2, 0.25) is 0 Å². The van der Waals surface area contributed by atoms with Crippen molar-refractivity contribution < 1.29 is 23.9 Å². The van der Waals surface area contributed by atoms with Crippen LogP contribution < -0.4 is 5.32 Å². The Morgan fingerprint density at radius 1 is 1.03 bits per heavy atom. The van der Waals surface area contributed by atoms with Crippen molar-refractivity contribution in [2.75, 3.05) is 13.2 Å². The number of carbonyl (C=O) groups excluding carboxylic acids is 3. The molecule has 3 unspecified atom stereocenters. The van der Waals surface area contributed by atoms with Gasteiger partial charge >= 0.3 is 11.9 Å². The lowest BCUT2D eigenvalue weighted by Crippen LogP contribution is -2.54. The van der Waals surface area contributed by atoms with Gasteiger partial charge in [-0.3, -0.25) is 14.4 Å². The van der Waals surface area contributed by atoms with Crippen molar-refractivity contribution in [3.05, 3.63) is 12.2 Å². The largest absolute Gasteiger partial charge is 0.466 e. The summed E-state index contributed by atoms with van der Waals surface area (Å²) in [4.78, 5) is 35.1. The highest BCUT2D eigenvalue weighted by Gasteiger charge is 2.57. The van der Waals surface area contributed by atoms with Crippen LogP contribution >= 0.6 is 0 Å². The van der Waals surface area contributed by atoms with Gasteiger partial charge in [-0.1, -0.05) is 26.0 Å². The molecule has 3 saturated carbocycles. The summed E-state index contributed by atoms with van der Waals surface area (Å²) in [5, 5.41) is 3.12. The number of fused-ring (bicyclic) bond motifs is 1. The molecule has 6 nitrogen and oxygen atoms in total. The molecule has 0 spiro atoms. The summed E-state index contributed by atoms with van der Waals surface area (Å²) in [6.45, 7) is 14.6. The van der Waals surface area contributed by atoms with Crippen molar-refractivity contribution >= 4 is 17.8 Å². The molecule has 7 atom stereocenters. The van der Waals surface area contributed by atoms with E-state index in [9.17, 15) is 14.4 Å². The first-order chi connectivity index (χ1) is 15.0. The number of hydrogen-bond donors (Lipinski definition) is 1. The minimum Gasteiger partial charge on any atom is -0.466 e. The molecule has 3 rings (SSSR count). The number of allylic oxidation sites excluding steroid dienone is 1. The Labute approximate surface area is 192 Å². The molecule has 6 heteroatoms. The summed E-state index contributed by atoms with van der Waals surface area (Å²) in [6, 6.07) is 0. The third-order valence-electron chi connectivity index (χ3n) is 9.13. The van der Waals surface area contributed by atoms with Crippen LogP contribution in [0, 0.1) is 34.5 Å². The SMILES string of the molecule is C=C1CCC2[C@H](CNC(C)=O)C([C@@]3(C)CCC(OC(C)=O)C[C@@H]3COC(C)=O)CC[C@]12C. The Morgan fingerprint density at radius 3 is 2.38 bits per heavy atom. The van der Waals surface area contributed by atoms with Gasteiger partial charge in [0, 0.05) is 33.2 Å². The zero-order valence-electron chi connectivity index (χ0n) is 20.5. The maximum absolute atomic E-state index is 11.8. The predicted octanol–water partition coefficient (Wildman–Crippen LogP) is 4.42. The van der Waals surface area contributed by atoms with E-state index in [4.69, 9.17) is 9.47 Å². The van der Waals surface area contributed by atoms with E-state index in [-0.39, 0.29) is 40.7 Å². The summed E-state index contributed by atoms with van der Waals surface area (Å²) in [5.41, 5.74) is 1.44. The number of carbonyl (C=O) groups is 3. The number of amides is 1. The Morgan fingerprint density at radius 2 is 1.75 bits per heavy atom. The third-order valence-corrected chi connectivity index (χ3v) is 9.13. The molecule has 1 N–H and O–H groups in total. The summed E-state index contributed by atoms with van der Waals surface area (Å²) < 4.78 is 11.1. The van der Waals surface area contributed by atoms with Crippen molar-refractivity contribution in [3.8, 4) is 0 Å². The fourth-order valence-corrected chi connectivity index (χ4v) is 7.25. The molecule has 3 fully saturated rings. The molecule has 180 valence electrons. The van der Waals surface area contributed by atoms with E-state index in [1.54, 1.807) is 6.92 Å². The Bertz CT molecular complexity index is 763. The molecule has 0 saturated heterocycles. The van der Waals surface area contributed by atoms with E-state index in [1.807, 2.05) is 0 Å². The normalized spacial score (nSPS) is 39.2. The smallest absolute Gasteiger partial charge is 0.302 e. The Balaban J connectivity index is 1.90. The predicted molar refractivity (Wildman–Crippen MR) is 123 cm³/mol. The highest BCUT2D eigenvalue weighted by Crippen LogP contribution is 2.63. The first-order valence-electron chi connectivity index (χ1n) is 12.2. The molecule has 0 radical (unpaired) electrons. The van der Waals surface area contributed by atoms with Gasteiger partial charge < -0.3 is 14.8 Å². The highest BCUT2D eigenvalue weighted by atomic mass is 16.5. The van der Waals surface area contributed by atoms with Gasteiger partial charge in [0.25, 0.3) is 0 Å². The van der Waals surface area contributed by atoms with Crippen LogP contribution in [0.3, 0.4) is 0 Å². The monoisotopic (exact) mass is 447 g/mol. The Kier molecular flexibility index (Phi) is 7.41. The van der Waals surface area contributed by atoms with E-state index in [0.29, 0.717) is 37.3 Å². The number of nitrogens with one attached hydrogen (secondary N) is 1. The summed E-state index contributed by atoms with van der Waals surface area (Å²) in [6.07, 6.45) is 6.69. The van der Waals surface area contributed by atoms with E-state index in [1.165, 1.54) is 19.4 Å². The van der Waals surface area contributed by atoms with E-state index in [2.05, 4.69) is 25.7 Å². The molecule has 3 aliphatic rings. The first kappa shape index (κ1) is 24.8. The van der Waals surface area contributed by atoms with Crippen LogP contribution in [0.1, 0.15) is 79.6 Å². The molecular weight excluding hydrogens is 406 g/mol. The summed E-state index contributed by atoms with van der Waals surface area (Å²) in [7, 11) is 0. The van der Waals surface area contributed by atoms with Crippen molar-refractivity contribution in [1.29, 1.82) is 0 Å². The summed E-state index contributed by atoms with van der Waals surface area (Å²) >= 11 is 0. The molecule has 0 heterocycles. The standard InChI is InChI=1S/C26H41NO5/c1-16-7-8-23-22(14-27-17(2)28)24(10-12-25(16,23)5)26(6)11-9-21(32-19(4)30)13-20(26)15-31-18(3)29/h20-24H,1,7-15H2,2-6H3,(H,27,28)/t20-,21?,22+,23?,24?,25-,26+/m1/s1. The average Bonchev–Trinajstić information content (AvgIpc) is 3.00. The van der Waals surface area contributed by atoms with Crippen LogP contribution in [-0.2, 0) is 23.9 Å². The van der Waals surface area contributed by atoms with Crippen LogP contribution in [0.4, 0.5) is 0 Å². The van der Waals surface area contributed by atoms with Crippen LogP contribution in [0.25, 0.3) is 0 Å². The second-order valence-electron chi connectivity index (χ2n) is 10.9. The second-order valence-corrected chi connectivity index (χ2v) is 10.9. The number of esters is 2. The van der Waals surface area contributed by atoms with E-state index < -0.39 is 0 Å². The maximum atomic E-state index is 11.8. The fourth-order valence-electron chi connectivity index (χ4n) is 7.25. The third kappa shape index (κ3) is 4.89. The van der Waals surface area contributed by atoms with Crippen molar-refractivity contribution in [2.24, 2.45) is 34.5 Å². The molecular formula is C26H41NO5. The molecule has 32 heavy (non-hydrogen) atoms. The van der Waals surface area contributed by atoms with Gasteiger partial charge in [0.1, 0.15) is 6.10 Å². The zero-order valence-corrected chi connectivity index (χ0v) is 20.5. The molecule has 0 aromatic rings. The van der Waals surface area contributed by atoms with E-state index in [0.717, 1.165) is 38.5 Å². The highest BCUT2D eigenvalue weighted by molar-refractivity contribution is 5.72. The quantitative estimate of drug-likeness (QED) is 0.481. The van der Waals surface area contributed by atoms with E-state index >= 15 is 0 Å². The van der Waals surface area contributed by atoms with Crippen LogP contribution in [0.5, 0.6) is 0 Å². The number of ether oxygens (including phenoxy) is 2. The lowest BCUT2D eigenvalue weighted by atomic mass is 9.49. The van der Waals surface area contributed by atoms with Gasteiger partial charge in [0.05, 0.1) is 6.61 Å². The van der Waals surface area contributed by atoms with Gasteiger partial charge in [0.2, 0.25) is 5.91 Å². The second kappa shape index (κ2) is 9.56. The maximum Gasteiger partial charge on any atom is 0.302 e. The molecule has 0 aromatic carbocycles. The number of rotatable bonds is 6. The Hall–Kier alpha value is -1.85. The van der Waals surface area contributed by atoms with Crippen molar-refractivity contribution in [3.63, 3.8) is 0 Å². The zero-order chi connectivity index (χ0) is 23.7. The van der Waals surface area contributed by atoms with Crippen LogP contribution in [-0.4, -0.2) is 37.1 Å². The number of hydrogen-bond acceptors (Lipinski definition) is 5. The fraction of sp³-hybridized carbons (Fsp3) is 0.808. The minimum atomic E-state index is -0.278. The topological polar surface area (TPSA) is 81.7 Å². The molecule has 0 bridgehead atoms. The van der Waals surface area contributed by atoms with Gasteiger partial charge in [-0.2, -0.15) is 0 Å². The van der Waals surface area contributed by atoms with Gasteiger partial charge in [-0.25, -0.2) is 0 Å². The molecule has 1 amide bonds. The van der Waals surface area contributed by atoms with Crippen molar-refractivity contribution in [2.45, 2.75) is 85.7 Å². The van der Waals surface area contributed by atoms with Gasteiger partial charge in [-0.15, -0.1) is 0 Å². The molecule has 0 aliphatic heterocycles. The average molecular weight is 448 g/mol. The van der Waals surface area contributed by atoms with Crippen LogP contribution in [0.15, 0.2) is 12.2 Å². The summed E-state index contributed by atoms with van der Waals surface area (Å²) in [5.74, 6) is 0.838. The van der Waals surface area contributed by atoms with Gasteiger partial charge in [-0.05, 0) is 73.5 Å². The lowest BCUT2D eigenvalue weighted by molar-refractivity contribution is -0.161. The van der Waals surface area contributed by atoms with Crippen molar-refractivity contribution in [1.82, 2.24) is 5.32 Å². The first-order valence-corrected chi connectivity index (χ1v) is 12.2. The molecule has 0 aromatic heterocycles.